The highest BCUT2D eigenvalue weighted by Gasteiger charge is 2.09. The van der Waals surface area contributed by atoms with Gasteiger partial charge in [0, 0.05) is 18.1 Å². The molecular formula is C13H9N3O3. The maximum Gasteiger partial charge on any atom is 0.409 e. The van der Waals surface area contributed by atoms with E-state index in [-0.39, 0.29) is 0 Å². The first-order valence-electron chi connectivity index (χ1n) is 5.53. The van der Waals surface area contributed by atoms with E-state index in [0.29, 0.717) is 22.7 Å². The zero-order valence-corrected chi connectivity index (χ0v) is 9.70. The van der Waals surface area contributed by atoms with Crippen LogP contribution in [0.15, 0.2) is 47.1 Å². The average molecular weight is 255 g/mol. The van der Waals surface area contributed by atoms with Crippen molar-refractivity contribution in [3.05, 3.63) is 42.7 Å². The fraction of sp³-hybridized carbons (Fsp3) is 0. The quantitative estimate of drug-likeness (QED) is 0.734. The molecule has 6 nitrogen and oxygen atoms in total. The van der Waals surface area contributed by atoms with Crippen molar-refractivity contribution in [2.45, 2.75) is 0 Å². The molecule has 19 heavy (non-hydrogen) atoms. The summed E-state index contributed by atoms with van der Waals surface area (Å²) < 4.78 is 5.59. The Morgan fingerprint density at radius 3 is 2.95 bits per heavy atom. The second-order valence-corrected chi connectivity index (χ2v) is 3.87. The van der Waals surface area contributed by atoms with Crippen LogP contribution in [-0.4, -0.2) is 21.2 Å². The van der Waals surface area contributed by atoms with Crippen molar-refractivity contribution >= 4 is 22.9 Å². The molecule has 1 aromatic carbocycles. The molecule has 2 aromatic heterocycles. The van der Waals surface area contributed by atoms with Crippen LogP contribution in [0.25, 0.3) is 22.6 Å². The number of carbonyl (C=O) groups is 1. The van der Waals surface area contributed by atoms with Gasteiger partial charge in [-0.05, 0) is 30.3 Å². The van der Waals surface area contributed by atoms with Crippen molar-refractivity contribution in [2.24, 2.45) is 0 Å². The molecule has 1 amide bonds. The number of carboxylic acid groups (broad SMARTS) is 1. The Bertz CT molecular complexity index is 737. The van der Waals surface area contributed by atoms with Crippen LogP contribution in [-0.2, 0) is 0 Å². The lowest BCUT2D eigenvalue weighted by molar-refractivity contribution is 0.210. The van der Waals surface area contributed by atoms with Gasteiger partial charge in [-0.2, -0.15) is 0 Å². The summed E-state index contributed by atoms with van der Waals surface area (Å²) in [6.45, 7) is 0. The van der Waals surface area contributed by atoms with E-state index >= 15 is 0 Å². The summed E-state index contributed by atoms with van der Waals surface area (Å²) in [6.07, 6.45) is 2.21. The molecule has 0 aliphatic carbocycles. The first-order valence-corrected chi connectivity index (χ1v) is 5.53. The Hall–Kier alpha value is -2.89. The SMILES string of the molecule is O=C(O)Nc1ccc2oc(-c3cccnc3)nc2c1. The number of pyridine rings is 1. The normalized spacial score (nSPS) is 10.5. The van der Waals surface area contributed by atoms with Crippen LogP contribution in [0.3, 0.4) is 0 Å². The Balaban J connectivity index is 2.04. The number of nitrogens with one attached hydrogen (secondary N) is 1. The molecule has 0 aliphatic heterocycles. The zero-order chi connectivity index (χ0) is 13.2. The van der Waals surface area contributed by atoms with E-state index in [1.54, 1.807) is 36.7 Å². The van der Waals surface area contributed by atoms with Crippen LogP contribution in [0.1, 0.15) is 0 Å². The van der Waals surface area contributed by atoms with Gasteiger partial charge in [0.25, 0.3) is 0 Å². The molecule has 0 atom stereocenters. The first-order chi connectivity index (χ1) is 9.22. The van der Waals surface area contributed by atoms with Crippen LogP contribution in [0.2, 0.25) is 0 Å². The van der Waals surface area contributed by atoms with E-state index in [1.165, 1.54) is 0 Å². The molecule has 0 bridgehead atoms. The summed E-state index contributed by atoms with van der Waals surface area (Å²) in [5.41, 5.74) is 2.40. The second-order valence-electron chi connectivity index (χ2n) is 3.87. The number of fused-ring (bicyclic) bond motifs is 1. The van der Waals surface area contributed by atoms with Gasteiger partial charge in [0.2, 0.25) is 5.89 Å². The molecule has 0 aliphatic rings. The van der Waals surface area contributed by atoms with Crippen LogP contribution in [0.4, 0.5) is 10.5 Å². The van der Waals surface area contributed by atoms with Crippen LogP contribution in [0, 0.1) is 0 Å². The smallest absolute Gasteiger partial charge is 0.409 e. The third-order valence-electron chi connectivity index (χ3n) is 2.55. The standard InChI is InChI=1S/C13H9N3O3/c17-13(18)15-9-3-4-11-10(6-9)16-12(19-11)8-2-1-5-14-7-8/h1-7,15H,(H,17,18). The predicted molar refractivity (Wildman–Crippen MR) is 68.9 cm³/mol. The highest BCUT2D eigenvalue weighted by Crippen LogP contribution is 2.25. The number of rotatable bonds is 2. The fourth-order valence-corrected chi connectivity index (χ4v) is 1.74. The summed E-state index contributed by atoms with van der Waals surface area (Å²) >= 11 is 0. The fourth-order valence-electron chi connectivity index (χ4n) is 1.74. The van der Waals surface area contributed by atoms with Gasteiger partial charge in [-0.1, -0.05) is 0 Å². The van der Waals surface area contributed by atoms with Crippen molar-refractivity contribution in [3.63, 3.8) is 0 Å². The Morgan fingerprint density at radius 1 is 1.32 bits per heavy atom. The van der Waals surface area contributed by atoms with Gasteiger partial charge in [-0.25, -0.2) is 9.78 Å². The minimum Gasteiger partial charge on any atom is -0.465 e. The Kier molecular flexibility index (Phi) is 2.60. The number of hydrogen-bond donors (Lipinski definition) is 2. The average Bonchev–Trinajstić information content (AvgIpc) is 2.82. The van der Waals surface area contributed by atoms with Crippen molar-refractivity contribution < 1.29 is 14.3 Å². The molecule has 2 N–H and O–H groups in total. The van der Waals surface area contributed by atoms with E-state index in [0.717, 1.165) is 5.56 Å². The summed E-state index contributed by atoms with van der Waals surface area (Å²) in [6, 6.07) is 8.55. The lowest BCUT2D eigenvalue weighted by Crippen LogP contribution is -2.06. The number of amides is 1. The Labute approximate surface area is 107 Å². The lowest BCUT2D eigenvalue weighted by Gasteiger charge is -1.98. The summed E-state index contributed by atoms with van der Waals surface area (Å²) in [5, 5.41) is 10.9. The highest BCUT2D eigenvalue weighted by molar-refractivity contribution is 5.87. The van der Waals surface area contributed by atoms with Crippen molar-refractivity contribution in [2.75, 3.05) is 5.32 Å². The van der Waals surface area contributed by atoms with Crippen LogP contribution >= 0.6 is 0 Å². The van der Waals surface area contributed by atoms with Gasteiger partial charge in [-0.15, -0.1) is 0 Å². The molecular weight excluding hydrogens is 246 g/mol. The minimum atomic E-state index is -1.12. The summed E-state index contributed by atoms with van der Waals surface area (Å²) in [4.78, 5) is 18.9. The molecule has 0 radical (unpaired) electrons. The van der Waals surface area contributed by atoms with Gasteiger partial charge in [-0.3, -0.25) is 10.3 Å². The number of hydrogen-bond acceptors (Lipinski definition) is 4. The van der Waals surface area contributed by atoms with Crippen molar-refractivity contribution in [3.8, 4) is 11.5 Å². The van der Waals surface area contributed by atoms with Gasteiger partial charge in [0.05, 0.1) is 5.56 Å². The van der Waals surface area contributed by atoms with E-state index < -0.39 is 6.09 Å². The molecule has 0 saturated heterocycles. The molecule has 94 valence electrons. The van der Waals surface area contributed by atoms with Crippen LogP contribution in [0.5, 0.6) is 0 Å². The zero-order valence-electron chi connectivity index (χ0n) is 9.70. The number of nitrogens with zero attached hydrogens (tertiary/aromatic N) is 2. The number of benzene rings is 1. The highest BCUT2D eigenvalue weighted by atomic mass is 16.4. The maximum atomic E-state index is 10.6. The largest absolute Gasteiger partial charge is 0.465 e. The lowest BCUT2D eigenvalue weighted by atomic mass is 10.3. The second kappa shape index (κ2) is 4.41. The molecule has 0 spiro atoms. The monoisotopic (exact) mass is 255 g/mol. The van der Waals surface area contributed by atoms with E-state index in [1.807, 2.05) is 6.07 Å². The third-order valence-corrected chi connectivity index (χ3v) is 2.55. The molecule has 6 heteroatoms. The van der Waals surface area contributed by atoms with E-state index in [4.69, 9.17) is 9.52 Å². The molecule has 3 rings (SSSR count). The summed E-state index contributed by atoms with van der Waals surface area (Å²) in [7, 11) is 0. The summed E-state index contributed by atoms with van der Waals surface area (Å²) in [5.74, 6) is 0.454. The van der Waals surface area contributed by atoms with E-state index in [2.05, 4.69) is 15.3 Å². The van der Waals surface area contributed by atoms with Crippen LogP contribution < -0.4 is 5.32 Å². The van der Waals surface area contributed by atoms with Crippen molar-refractivity contribution in [1.82, 2.24) is 9.97 Å². The minimum absolute atomic E-state index is 0.450. The number of oxazole rings is 1. The molecule has 0 saturated carbocycles. The van der Waals surface area contributed by atoms with Gasteiger partial charge >= 0.3 is 6.09 Å². The third kappa shape index (κ3) is 2.23. The molecule has 0 unspecified atom stereocenters. The van der Waals surface area contributed by atoms with Crippen molar-refractivity contribution in [1.29, 1.82) is 0 Å². The van der Waals surface area contributed by atoms with E-state index in [9.17, 15) is 4.79 Å². The van der Waals surface area contributed by atoms with Gasteiger partial charge in [0.1, 0.15) is 5.52 Å². The molecule has 0 fully saturated rings. The Morgan fingerprint density at radius 2 is 2.21 bits per heavy atom. The number of aromatic nitrogens is 2. The van der Waals surface area contributed by atoms with Gasteiger partial charge < -0.3 is 9.52 Å². The topological polar surface area (TPSA) is 88.2 Å². The molecule has 3 aromatic rings. The molecule has 2 heterocycles. The number of anilines is 1. The van der Waals surface area contributed by atoms with Gasteiger partial charge in [0.15, 0.2) is 5.58 Å². The first kappa shape index (κ1) is 11.2. The maximum absolute atomic E-state index is 10.6. The predicted octanol–water partition coefficient (Wildman–Crippen LogP) is 2.98.